The van der Waals surface area contributed by atoms with Crippen LogP contribution in [0.5, 0.6) is 0 Å². The number of aromatic nitrogens is 2. The van der Waals surface area contributed by atoms with E-state index in [4.69, 9.17) is 16.0 Å². The molecule has 7 heteroatoms. The van der Waals surface area contributed by atoms with Crippen LogP contribution in [0.15, 0.2) is 45.6 Å². The second-order valence-electron chi connectivity index (χ2n) is 8.97. The van der Waals surface area contributed by atoms with Crippen LogP contribution in [0, 0.1) is 11.8 Å². The number of nitrogens with zero attached hydrogens (tertiary/aromatic N) is 2. The molecule has 2 heterocycles. The summed E-state index contributed by atoms with van der Waals surface area (Å²) in [4.78, 5) is 41.5. The predicted octanol–water partition coefficient (Wildman–Crippen LogP) is 5.41. The Kier molecular flexibility index (Phi) is 6.60. The third-order valence-electron chi connectivity index (χ3n) is 6.35. The van der Waals surface area contributed by atoms with Gasteiger partial charge in [0.05, 0.1) is 5.52 Å². The fraction of sp³-hybridized carbons (Fsp3) is 0.440. The van der Waals surface area contributed by atoms with E-state index in [0.717, 1.165) is 36.8 Å². The highest BCUT2D eigenvalue weighted by atomic mass is 35.5. The summed E-state index contributed by atoms with van der Waals surface area (Å²) >= 11 is 5.88. The maximum Gasteiger partial charge on any atom is 0.420 e. The number of fused-ring (bicyclic) bond motifs is 1. The molecule has 1 saturated carbocycles. The van der Waals surface area contributed by atoms with Crippen LogP contribution in [0.4, 0.5) is 0 Å². The quantitative estimate of drug-likeness (QED) is 0.352. The Morgan fingerprint density at radius 1 is 1.16 bits per heavy atom. The van der Waals surface area contributed by atoms with Gasteiger partial charge in [0.1, 0.15) is 16.6 Å². The molecule has 0 N–H and O–H groups in total. The summed E-state index contributed by atoms with van der Waals surface area (Å²) in [5.41, 5.74) is 2.53. The minimum absolute atomic E-state index is 0.00501. The SMILES string of the molecule is CC(C)n1c(=O)oc2cc(CC(=O)C3CCC(CC(=O)c4cccc(Cl)n4)CC3)ccc21. The summed E-state index contributed by atoms with van der Waals surface area (Å²) in [5, 5.41) is 0.323. The van der Waals surface area contributed by atoms with Crippen LogP contribution in [-0.4, -0.2) is 21.1 Å². The third-order valence-corrected chi connectivity index (χ3v) is 6.56. The Balaban J connectivity index is 1.33. The summed E-state index contributed by atoms with van der Waals surface area (Å²) in [7, 11) is 0. The van der Waals surface area contributed by atoms with Crippen LogP contribution in [0.3, 0.4) is 0 Å². The van der Waals surface area contributed by atoms with E-state index in [1.54, 1.807) is 28.8 Å². The summed E-state index contributed by atoms with van der Waals surface area (Å²) in [6.45, 7) is 3.87. The van der Waals surface area contributed by atoms with E-state index >= 15 is 0 Å². The van der Waals surface area contributed by atoms with Gasteiger partial charge in [-0.15, -0.1) is 0 Å². The molecule has 0 spiro atoms. The normalized spacial score (nSPS) is 18.9. The summed E-state index contributed by atoms with van der Waals surface area (Å²) in [6.07, 6.45) is 4.06. The number of hydrogen-bond acceptors (Lipinski definition) is 5. The molecule has 32 heavy (non-hydrogen) atoms. The summed E-state index contributed by atoms with van der Waals surface area (Å²) in [6, 6.07) is 10.6. The molecule has 168 valence electrons. The van der Waals surface area contributed by atoms with Crippen LogP contribution in [-0.2, 0) is 11.2 Å². The van der Waals surface area contributed by atoms with Gasteiger partial charge in [0.2, 0.25) is 0 Å². The summed E-state index contributed by atoms with van der Waals surface area (Å²) in [5.74, 6) is 0.114. The monoisotopic (exact) mass is 454 g/mol. The standard InChI is InChI=1S/C25H27ClN2O4/c1-15(2)28-20-11-8-17(14-23(20)32-25(28)31)13-21(29)18-9-6-16(7-10-18)12-22(30)19-4-3-5-24(26)27-19/h3-5,8,11,14-16,18H,6-7,9-10,12-13H2,1-2H3. The van der Waals surface area contributed by atoms with E-state index < -0.39 is 0 Å². The lowest BCUT2D eigenvalue weighted by atomic mass is 9.77. The van der Waals surface area contributed by atoms with Crippen molar-refractivity contribution in [3.05, 3.63) is 63.4 Å². The topological polar surface area (TPSA) is 82.2 Å². The van der Waals surface area contributed by atoms with Crippen molar-refractivity contribution in [1.82, 2.24) is 9.55 Å². The van der Waals surface area contributed by atoms with E-state index in [-0.39, 0.29) is 35.2 Å². The highest BCUT2D eigenvalue weighted by Gasteiger charge is 2.28. The summed E-state index contributed by atoms with van der Waals surface area (Å²) < 4.78 is 6.99. The molecule has 0 bridgehead atoms. The molecule has 1 fully saturated rings. The molecule has 0 atom stereocenters. The first kappa shape index (κ1) is 22.5. The van der Waals surface area contributed by atoms with Gasteiger partial charge in [-0.1, -0.05) is 23.7 Å². The number of carbonyl (C=O) groups excluding carboxylic acids is 2. The van der Waals surface area contributed by atoms with Gasteiger partial charge >= 0.3 is 5.76 Å². The highest BCUT2D eigenvalue weighted by molar-refractivity contribution is 6.29. The van der Waals surface area contributed by atoms with Crippen LogP contribution in [0.25, 0.3) is 11.1 Å². The average Bonchev–Trinajstić information content (AvgIpc) is 3.09. The molecule has 1 aromatic carbocycles. The number of rotatable bonds is 7. The highest BCUT2D eigenvalue weighted by Crippen LogP contribution is 2.33. The molecule has 2 aromatic heterocycles. The van der Waals surface area contributed by atoms with Gasteiger partial charge in [0, 0.05) is 24.8 Å². The van der Waals surface area contributed by atoms with Gasteiger partial charge in [-0.3, -0.25) is 14.2 Å². The van der Waals surface area contributed by atoms with Gasteiger partial charge in [-0.05, 0) is 75.3 Å². The van der Waals surface area contributed by atoms with Crippen molar-refractivity contribution in [2.24, 2.45) is 11.8 Å². The van der Waals surface area contributed by atoms with Crippen molar-refractivity contribution >= 4 is 34.3 Å². The van der Waals surface area contributed by atoms with Crippen LogP contribution in [0.1, 0.15) is 68.0 Å². The van der Waals surface area contributed by atoms with E-state index in [0.29, 0.717) is 29.3 Å². The molecular weight excluding hydrogens is 428 g/mol. The lowest BCUT2D eigenvalue weighted by Gasteiger charge is -2.27. The number of Topliss-reactive ketones (excluding diaryl/α,β-unsaturated/α-hetero) is 2. The molecule has 3 aromatic rings. The van der Waals surface area contributed by atoms with E-state index in [2.05, 4.69) is 4.98 Å². The molecule has 4 rings (SSSR count). The maximum atomic E-state index is 12.9. The number of ketones is 2. The Hall–Kier alpha value is -2.73. The first-order valence-corrected chi connectivity index (χ1v) is 11.5. The maximum absolute atomic E-state index is 12.9. The largest absolute Gasteiger partial charge is 0.420 e. The van der Waals surface area contributed by atoms with Crippen molar-refractivity contribution < 1.29 is 14.0 Å². The zero-order valence-electron chi connectivity index (χ0n) is 18.3. The molecule has 0 unspecified atom stereocenters. The van der Waals surface area contributed by atoms with Crippen molar-refractivity contribution in [3.8, 4) is 0 Å². The second kappa shape index (κ2) is 9.41. The van der Waals surface area contributed by atoms with Crippen LogP contribution < -0.4 is 5.76 Å². The first-order valence-electron chi connectivity index (χ1n) is 11.1. The number of hydrogen-bond donors (Lipinski definition) is 0. The molecule has 1 aliphatic carbocycles. The van der Waals surface area contributed by atoms with Gasteiger partial charge < -0.3 is 4.42 Å². The van der Waals surface area contributed by atoms with Gasteiger partial charge in [0.25, 0.3) is 0 Å². The Morgan fingerprint density at radius 2 is 1.91 bits per heavy atom. The predicted molar refractivity (Wildman–Crippen MR) is 123 cm³/mol. The Morgan fingerprint density at radius 3 is 2.59 bits per heavy atom. The first-order chi connectivity index (χ1) is 15.3. The smallest absolute Gasteiger partial charge is 0.408 e. The van der Waals surface area contributed by atoms with Gasteiger partial charge in [0.15, 0.2) is 11.4 Å². The minimum atomic E-state index is -0.376. The number of pyridine rings is 1. The van der Waals surface area contributed by atoms with Crippen molar-refractivity contribution in [2.45, 2.75) is 58.4 Å². The van der Waals surface area contributed by atoms with Gasteiger partial charge in [-0.2, -0.15) is 0 Å². The zero-order chi connectivity index (χ0) is 22.8. The zero-order valence-corrected chi connectivity index (χ0v) is 19.1. The fourth-order valence-corrected chi connectivity index (χ4v) is 4.81. The van der Waals surface area contributed by atoms with Crippen LogP contribution >= 0.6 is 11.6 Å². The minimum Gasteiger partial charge on any atom is -0.408 e. The average molecular weight is 455 g/mol. The van der Waals surface area contributed by atoms with E-state index in [9.17, 15) is 14.4 Å². The number of halogens is 1. The van der Waals surface area contributed by atoms with Crippen molar-refractivity contribution in [2.75, 3.05) is 0 Å². The second-order valence-corrected chi connectivity index (χ2v) is 9.35. The lowest BCUT2D eigenvalue weighted by Crippen LogP contribution is -2.24. The molecular formula is C25H27ClN2O4. The molecule has 0 radical (unpaired) electrons. The Labute approximate surface area is 191 Å². The van der Waals surface area contributed by atoms with Gasteiger partial charge in [-0.25, -0.2) is 9.78 Å². The van der Waals surface area contributed by atoms with E-state index in [1.165, 1.54) is 0 Å². The van der Waals surface area contributed by atoms with E-state index in [1.807, 2.05) is 26.0 Å². The van der Waals surface area contributed by atoms with Crippen LogP contribution in [0.2, 0.25) is 5.15 Å². The number of carbonyl (C=O) groups is 2. The fourth-order valence-electron chi connectivity index (χ4n) is 4.64. The molecule has 6 nitrogen and oxygen atoms in total. The molecule has 0 aliphatic heterocycles. The third kappa shape index (κ3) is 4.85. The molecule has 1 aliphatic rings. The number of benzene rings is 1. The molecule has 0 amide bonds. The molecule has 0 saturated heterocycles. The lowest BCUT2D eigenvalue weighted by molar-refractivity contribution is -0.123. The van der Waals surface area contributed by atoms with Crippen molar-refractivity contribution in [3.63, 3.8) is 0 Å². The number of oxazole rings is 1. The van der Waals surface area contributed by atoms with Crippen molar-refractivity contribution in [1.29, 1.82) is 0 Å². The Bertz CT molecular complexity index is 1200.